The van der Waals surface area contributed by atoms with E-state index in [1.165, 1.54) is 12.1 Å². The number of unbranched alkanes of at least 4 members (excludes halogenated alkanes) is 2. The van der Waals surface area contributed by atoms with Gasteiger partial charge in [0, 0.05) is 11.3 Å². The molecular formula is C19H22FN3O2S. The van der Waals surface area contributed by atoms with Crippen molar-refractivity contribution in [1.82, 2.24) is 10.9 Å². The van der Waals surface area contributed by atoms with E-state index < -0.39 is 0 Å². The highest BCUT2D eigenvalue weighted by Gasteiger charge is 2.06. The first-order chi connectivity index (χ1) is 12.6. The normalized spacial score (nSPS) is 10.1. The first kappa shape index (κ1) is 19.7. The van der Waals surface area contributed by atoms with Crippen molar-refractivity contribution >= 4 is 28.9 Å². The van der Waals surface area contributed by atoms with E-state index >= 15 is 0 Å². The number of hydrazine groups is 1. The van der Waals surface area contributed by atoms with E-state index in [4.69, 9.17) is 17.0 Å². The second-order valence-electron chi connectivity index (χ2n) is 5.62. The molecule has 0 aliphatic rings. The topological polar surface area (TPSA) is 62.4 Å². The van der Waals surface area contributed by atoms with Gasteiger partial charge >= 0.3 is 0 Å². The summed E-state index contributed by atoms with van der Waals surface area (Å²) in [6.07, 6.45) is 3.30. The molecule has 2 rings (SSSR count). The van der Waals surface area contributed by atoms with Crippen LogP contribution in [-0.2, 0) is 0 Å². The second-order valence-corrected chi connectivity index (χ2v) is 6.03. The van der Waals surface area contributed by atoms with E-state index in [0.29, 0.717) is 17.9 Å². The third kappa shape index (κ3) is 6.68. The van der Waals surface area contributed by atoms with Crippen LogP contribution in [0.2, 0.25) is 0 Å². The van der Waals surface area contributed by atoms with Crippen molar-refractivity contribution in [1.29, 1.82) is 0 Å². The lowest BCUT2D eigenvalue weighted by molar-refractivity contribution is 0.0944. The van der Waals surface area contributed by atoms with Gasteiger partial charge in [0.25, 0.3) is 5.91 Å². The summed E-state index contributed by atoms with van der Waals surface area (Å²) in [5, 5.41) is 3.03. The molecule has 0 bridgehead atoms. The van der Waals surface area contributed by atoms with Gasteiger partial charge in [-0.25, -0.2) is 4.39 Å². The van der Waals surface area contributed by atoms with Crippen LogP contribution in [0.25, 0.3) is 0 Å². The minimum atomic E-state index is -0.333. The number of hydrogen-bond acceptors (Lipinski definition) is 3. The van der Waals surface area contributed by atoms with E-state index in [9.17, 15) is 9.18 Å². The van der Waals surface area contributed by atoms with Crippen molar-refractivity contribution in [3.05, 3.63) is 59.9 Å². The number of benzene rings is 2. The van der Waals surface area contributed by atoms with Crippen molar-refractivity contribution in [2.24, 2.45) is 0 Å². The number of nitrogens with one attached hydrogen (secondary N) is 3. The molecule has 0 atom stereocenters. The zero-order chi connectivity index (χ0) is 18.8. The van der Waals surface area contributed by atoms with Crippen molar-refractivity contribution < 1.29 is 13.9 Å². The van der Waals surface area contributed by atoms with Crippen molar-refractivity contribution in [3.8, 4) is 5.75 Å². The number of hydrogen-bond donors (Lipinski definition) is 3. The van der Waals surface area contributed by atoms with Gasteiger partial charge in [0.15, 0.2) is 5.11 Å². The quantitative estimate of drug-likeness (QED) is 0.387. The van der Waals surface area contributed by atoms with Crippen molar-refractivity contribution in [2.45, 2.75) is 26.2 Å². The fourth-order valence-electron chi connectivity index (χ4n) is 2.13. The van der Waals surface area contributed by atoms with Crippen LogP contribution in [0.1, 0.15) is 36.5 Å². The molecule has 0 spiro atoms. The van der Waals surface area contributed by atoms with Crippen LogP contribution in [0.4, 0.5) is 10.1 Å². The molecule has 2 aromatic carbocycles. The summed E-state index contributed by atoms with van der Waals surface area (Å²) in [6, 6.07) is 12.6. The van der Waals surface area contributed by atoms with Gasteiger partial charge < -0.3 is 10.1 Å². The highest BCUT2D eigenvalue weighted by Crippen LogP contribution is 2.13. The molecule has 0 saturated heterocycles. The Hall–Kier alpha value is -2.67. The van der Waals surface area contributed by atoms with Crippen LogP contribution >= 0.6 is 12.2 Å². The molecule has 0 saturated carbocycles. The van der Waals surface area contributed by atoms with Gasteiger partial charge in [-0.3, -0.25) is 15.6 Å². The first-order valence-corrected chi connectivity index (χ1v) is 8.85. The zero-order valence-corrected chi connectivity index (χ0v) is 15.4. The molecule has 0 aliphatic heterocycles. The second kappa shape index (κ2) is 10.4. The summed E-state index contributed by atoms with van der Waals surface area (Å²) >= 11 is 5.08. The van der Waals surface area contributed by atoms with Crippen LogP contribution in [-0.4, -0.2) is 17.6 Å². The first-order valence-electron chi connectivity index (χ1n) is 8.44. The maximum Gasteiger partial charge on any atom is 0.269 e. The summed E-state index contributed by atoms with van der Waals surface area (Å²) in [4.78, 5) is 12.1. The van der Waals surface area contributed by atoms with Gasteiger partial charge in [-0.15, -0.1) is 0 Å². The van der Waals surface area contributed by atoms with Gasteiger partial charge in [-0.2, -0.15) is 0 Å². The van der Waals surface area contributed by atoms with E-state index in [0.717, 1.165) is 25.0 Å². The molecule has 7 heteroatoms. The number of anilines is 1. The summed E-state index contributed by atoms with van der Waals surface area (Å²) < 4.78 is 18.5. The molecule has 3 N–H and O–H groups in total. The summed E-state index contributed by atoms with van der Waals surface area (Å²) in [6.45, 7) is 2.81. The van der Waals surface area contributed by atoms with Crippen LogP contribution in [0.15, 0.2) is 48.5 Å². The molecule has 0 fully saturated rings. The lowest BCUT2D eigenvalue weighted by Gasteiger charge is -2.12. The number of carbonyl (C=O) groups excluding carboxylic acids is 1. The number of thiocarbonyl (C=S) groups is 1. The average Bonchev–Trinajstić information content (AvgIpc) is 2.66. The molecule has 0 heterocycles. The van der Waals surface area contributed by atoms with E-state index in [2.05, 4.69) is 23.1 Å². The summed E-state index contributed by atoms with van der Waals surface area (Å²) in [5.74, 6) is 0.0745. The van der Waals surface area contributed by atoms with Crippen LogP contribution in [0.5, 0.6) is 5.75 Å². The Balaban J connectivity index is 1.76. The zero-order valence-electron chi connectivity index (χ0n) is 14.5. The molecule has 5 nitrogen and oxygen atoms in total. The van der Waals surface area contributed by atoms with E-state index in [1.54, 1.807) is 36.4 Å². The monoisotopic (exact) mass is 375 g/mol. The Kier molecular flexibility index (Phi) is 7.82. The predicted molar refractivity (Wildman–Crippen MR) is 105 cm³/mol. The standard InChI is InChI=1S/C19H22FN3O2S/c1-2-3-4-13-25-17-11-5-14(6-12-17)18(24)22-23-19(26)21-16-9-7-15(20)8-10-16/h5-12H,2-4,13H2,1H3,(H,22,24)(H2,21,23,26). The summed E-state index contributed by atoms with van der Waals surface area (Å²) in [5.41, 5.74) is 6.19. The average molecular weight is 375 g/mol. The number of amides is 1. The Morgan fingerprint density at radius 2 is 1.73 bits per heavy atom. The minimum Gasteiger partial charge on any atom is -0.494 e. The predicted octanol–water partition coefficient (Wildman–Crippen LogP) is 4.03. The smallest absolute Gasteiger partial charge is 0.269 e. The van der Waals surface area contributed by atoms with Crippen LogP contribution in [0.3, 0.4) is 0 Å². The number of halogens is 1. The lowest BCUT2D eigenvalue weighted by Crippen LogP contribution is -2.43. The molecule has 0 aromatic heterocycles. The minimum absolute atomic E-state index is 0.195. The highest BCUT2D eigenvalue weighted by atomic mass is 32.1. The highest BCUT2D eigenvalue weighted by molar-refractivity contribution is 7.80. The third-order valence-corrected chi connectivity index (χ3v) is 3.73. The van der Waals surface area contributed by atoms with Gasteiger partial charge in [-0.1, -0.05) is 19.8 Å². The molecule has 0 unspecified atom stereocenters. The molecule has 0 radical (unpaired) electrons. The Bertz CT molecular complexity index is 721. The molecule has 1 amide bonds. The SMILES string of the molecule is CCCCCOc1ccc(C(=O)NNC(=S)Nc2ccc(F)cc2)cc1. The van der Waals surface area contributed by atoms with Crippen LogP contribution < -0.4 is 20.9 Å². The Labute approximate surface area is 157 Å². The third-order valence-electron chi connectivity index (χ3n) is 3.52. The molecule has 2 aromatic rings. The molecular weight excluding hydrogens is 353 g/mol. The fraction of sp³-hybridized carbons (Fsp3) is 0.263. The van der Waals surface area contributed by atoms with Gasteiger partial charge in [0.05, 0.1) is 6.61 Å². The van der Waals surface area contributed by atoms with Crippen molar-refractivity contribution in [2.75, 3.05) is 11.9 Å². The summed E-state index contributed by atoms with van der Waals surface area (Å²) in [7, 11) is 0. The Morgan fingerprint density at radius 3 is 2.38 bits per heavy atom. The van der Waals surface area contributed by atoms with Gasteiger partial charge in [0.2, 0.25) is 0 Å². The van der Waals surface area contributed by atoms with Crippen molar-refractivity contribution in [3.63, 3.8) is 0 Å². The maximum atomic E-state index is 12.9. The number of ether oxygens (including phenoxy) is 1. The molecule has 138 valence electrons. The largest absolute Gasteiger partial charge is 0.494 e. The number of carbonyl (C=O) groups is 1. The lowest BCUT2D eigenvalue weighted by atomic mass is 10.2. The van der Waals surface area contributed by atoms with E-state index in [-0.39, 0.29) is 16.8 Å². The van der Waals surface area contributed by atoms with Crippen LogP contribution in [0, 0.1) is 5.82 Å². The fourth-order valence-corrected chi connectivity index (χ4v) is 2.29. The van der Waals surface area contributed by atoms with E-state index in [1.807, 2.05) is 0 Å². The van der Waals surface area contributed by atoms with Gasteiger partial charge in [-0.05, 0) is 67.2 Å². The maximum absolute atomic E-state index is 12.9. The molecule has 26 heavy (non-hydrogen) atoms. The Morgan fingerprint density at radius 1 is 1.04 bits per heavy atom. The molecule has 0 aliphatic carbocycles. The number of rotatable bonds is 7. The van der Waals surface area contributed by atoms with Gasteiger partial charge in [0.1, 0.15) is 11.6 Å².